The molecule has 1 aromatic heterocycles. The van der Waals surface area contributed by atoms with Crippen LogP contribution in [-0.2, 0) is 4.79 Å². The molecule has 1 unspecified atom stereocenters. The van der Waals surface area contributed by atoms with Crippen molar-refractivity contribution in [3.05, 3.63) is 64.9 Å². The van der Waals surface area contributed by atoms with Crippen molar-refractivity contribution >= 4 is 21.8 Å². The first-order chi connectivity index (χ1) is 12.1. The predicted molar refractivity (Wildman–Crippen MR) is 95.3 cm³/mol. The molecule has 8 heteroatoms. The summed E-state index contributed by atoms with van der Waals surface area (Å²) in [6.07, 6.45) is 1.51. The number of ether oxygens (including phenoxy) is 1. The van der Waals surface area contributed by atoms with E-state index in [0.29, 0.717) is 5.75 Å². The summed E-state index contributed by atoms with van der Waals surface area (Å²) in [6.45, 7) is 1.88. The highest BCUT2D eigenvalue weighted by molar-refractivity contribution is 9.10. The Morgan fingerprint density at radius 3 is 2.56 bits per heavy atom. The van der Waals surface area contributed by atoms with Crippen molar-refractivity contribution in [3.63, 3.8) is 0 Å². The van der Waals surface area contributed by atoms with Gasteiger partial charge < -0.3 is 10.1 Å². The summed E-state index contributed by atoms with van der Waals surface area (Å²) in [6, 6.07) is 14.9. The van der Waals surface area contributed by atoms with Crippen LogP contribution in [0.1, 0.15) is 18.5 Å². The minimum absolute atomic E-state index is 0.0505. The quantitative estimate of drug-likeness (QED) is 0.686. The zero-order valence-corrected chi connectivity index (χ0v) is 15.0. The molecule has 0 saturated carbocycles. The van der Waals surface area contributed by atoms with Crippen LogP contribution in [0.25, 0.3) is 5.69 Å². The van der Waals surface area contributed by atoms with E-state index in [0.717, 1.165) is 15.7 Å². The third-order valence-electron chi connectivity index (χ3n) is 3.57. The molecular weight excluding hydrogens is 386 g/mol. The SMILES string of the molecule is CC(NC(=O)COc1ccc(-n2cnnn2)cc1)c1ccc(Br)cc1. The van der Waals surface area contributed by atoms with E-state index in [1.165, 1.54) is 11.0 Å². The monoisotopic (exact) mass is 401 g/mol. The first-order valence-electron chi connectivity index (χ1n) is 7.63. The summed E-state index contributed by atoms with van der Waals surface area (Å²) >= 11 is 3.39. The highest BCUT2D eigenvalue weighted by atomic mass is 79.9. The molecule has 3 aromatic rings. The molecule has 1 N–H and O–H groups in total. The van der Waals surface area contributed by atoms with E-state index in [1.54, 1.807) is 12.1 Å². The Balaban J connectivity index is 1.51. The molecule has 7 nitrogen and oxygen atoms in total. The first-order valence-corrected chi connectivity index (χ1v) is 8.42. The van der Waals surface area contributed by atoms with Gasteiger partial charge in [-0.3, -0.25) is 4.79 Å². The van der Waals surface area contributed by atoms with Gasteiger partial charge in [-0.15, -0.1) is 5.10 Å². The molecule has 1 heterocycles. The van der Waals surface area contributed by atoms with Crippen LogP contribution in [0.4, 0.5) is 0 Å². The van der Waals surface area contributed by atoms with E-state index in [9.17, 15) is 4.79 Å². The highest BCUT2D eigenvalue weighted by Crippen LogP contribution is 2.17. The summed E-state index contributed by atoms with van der Waals surface area (Å²) in [7, 11) is 0. The molecule has 1 amide bonds. The number of amides is 1. The minimum atomic E-state index is -0.181. The molecule has 2 aromatic carbocycles. The zero-order valence-electron chi connectivity index (χ0n) is 13.5. The zero-order chi connectivity index (χ0) is 17.6. The maximum Gasteiger partial charge on any atom is 0.258 e. The molecule has 0 saturated heterocycles. The molecule has 128 valence electrons. The van der Waals surface area contributed by atoms with Crippen LogP contribution < -0.4 is 10.1 Å². The fraction of sp³-hybridized carbons (Fsp3) is 0.176. The fourth-order valence-corrected chi connectivity index (χ4v) is 2.51. The Morgan fingerprint density at radius 2 is 1.92 bits per heavy atom. The van der Waals surface area contributed by atoms with E-state index in [1.807, 2.05) is 43.3 Å². The van der Waals surface area contributed by atoms with E-state index >= 15 is 0 Å². The number of carbonyl (C=O) groups excluding carboxylic acids is 1. The number of nitrogens with zero attached hydrogens (tertiary/aromatic N) is 4. The van der Waals surface area contributed by atoms with Crippen LogP contribution in [0.5, 0.6) is 5.75 Å². The van der Waals surface area contributed by atoms with E-state index in [-0.39, 0.29) is 18.6 Å². The summed E-state index contributed by atoms with van der Waals surface area (Å²) < 4.78 is 8.06. The highest BCUT2D eigenvalue weighted by Gasteiger charge is 2.10. The molecule has 0 aliphatic heterocycles. The van der Waals surface area contributed by atoms with Gasteiger partial charge in [0.2, 0.25) is 0 Å². The number of carbonyl (C=O) groups is 1. The normalized spacial score (nSPS) is 11.8. The van der Waals surface area contributed by atoms with Gasteiger partial charge in [-0.1, -0.05) is 28.1 Å². The molecule has 0 bridgehead atoms. The Morgan fingerprint density at radius 1 is 1.20 bits per heavy atom. The van der Waals surface area contributed by atoms with Crippen molar-refractivity contribution in [2.24, 2.45) is 0 Å². The number of hydrogen-bond acceptors (Lipinski definition) is 5. The second kappa shape index (κ2) is 7.89. The first kappa shape index (κ1) is 17.1. The fourth-order valence-electron chi connectivity index (χ4n) is 2.24. The lowest BCUT2D eigenvalue weighted by Crippen LogP contribution is -2.31. The van der Waals surface area contributed by atoms with Gasteiger partial charge in [-0.2, -0.15) is 0 Å². The lowest BCUT2D eigenvalue weighted by Gasteiger charge is -2.15. The van der Waals surface area contributed by atoms with Crippen molar-refractivity contribution in [2.45, 2.75) is 13.0 Å². The topological polar surface area (TPSA) is 81.9 Å². The maximum absolute atomic E-state index is 12.0. The third kappa shape index (κ3) is 4.63. The summed E-state index contributed by atoms with van der Waals surface area (Å²) in [5, 5.41) is 13.9. The van der Waals surface area contributed by atoms with Crippen LogP contribution in [0.15, 0.2) is 59.3 Å². The van der Waals surface area contributed by atoms with Gasteiger partial charge in [0.25, 0.3) is 5.91 Å². The molecule has 0 aliphatic rings. The van der Waals surface area contributed by atoms with Crippen LogP contribution >= 0.6 is 15.9 Å². The van der Waals surface area contributed by atoms with Crippen molar-refractivity contribution in [1.82, 2.24) is 25.5 Å². The number of rotatable bonds is 6. The molecule has 1 atom stereocenters. The number of aromatic nitrogens is 4. The molecule has 25 heavy (non-hydrogen) atoms. The lowest BCUT2D eigenvalue weighted by molar-refractivity contribution is -0.123. The number of halogens is 1. The number of hydrogen-bond donors (Lipinski definition) is 1. The van der Waals surface area contributed by atoms with Gasteiger partial charge in [0.15, 0.2) is 6.61 Å². The summed E-state index contributed by atoms with van der Waals surface area (Å²) in [5.74, 6) is 0.420. The standard InChI is InChI=1S/C17H16BrN5O2/c1-12(13-2-4-14(18)5-3-13)20-17(24)10-25-16-8-6-15(7-9-16)23-11-19-21-22-23/h2-9,11-12H,10H2,1H3,(H,20,24). The van der Waals surface area contributed by atoms with Crippen molar-refractivity contribution in [1.29, 1.82) is 0 Å². The second-order valence-corrected chi connectivity index (χ2v) is 6.29. The van der Waals surface area contributed by atoms with Crippen molar-refractivity contribution in [2.75, 3.05) is 6.61 Å². The van der Waals surface area contributed by atoms with E-state index in [2.05, 4.69) is 36.8 Å². The smallest absolute Gasteiger partial charge is 0.258 e. The van der Waals surface area contributed by atoms with Gasteiger partial charge in [0, 0.05) is 4.47 Å². The Bertz CT molecular complexity index is 819. The lowest BCUT2D eigenvalue weighted by atomic mass is 10.1. The largest absolute Gasteiger partial charge is 0.484 e. The van der Waals surface area contributed by atoms with Crippen LogP contribution in [-0.4, -0.2) is 32.7 Å². The number of benzene rings is 2. The van der Waals surface area contributed by atoms with Crippen molar-refractivity contribution < 1.29 is 9.53 Å². The molecular formula is C17H16BrN5O2. The van der Waals surface area contributed by atoms with Gasteiger partial charge in [-0.05, 0) is 59.3 Å². The average Bonchev–Trinajstić information content (AvgIpc) is 3.15. The van der Waals surface area contributed by atoms with E-state index in [4.69, 9.17) is 4.74 Å². The molecule has 0 fully saturated rings. The van der Waals surface area contributed by atoms with Gasteiger partial charge in [0.05, 0.1) is 11.7 Å². The van der Waals surface area contributed by atoms with E-state index < -0.39 is 0 Å². The van der Waals surface area contributed by atoms with Crippen LogP contribution in [0, 0.1) is 0 Å². The summed E-state index contributed by atoms with van der Waals surface area (Å²) in [5.41, 5.74) is 1.84. The Hall–Kier alpha value is -2.74. The van der Waals surface area contributed by atoms with Crippen LogP contribution in [0.3, 0.4) is 0 Å². The Labute approximate surface area is 153 Å². The molecule has 3 rings (SSSR count). The minimum Gasteiger partial charge on any atom is -0.484 e. The maximum atomic E-state index is 12.0. The van der Waals surface area contributed by atoms with Crippen molar-refractivity contribution in [3.8, 4) is 11.4 Å². The second-order valence-electron chi connectivity index (χ2n) is 5.38. The van der Waals surface area contributed by atoms with Gasteiger partial charge in [-0.25, -0.2) is 4.68 Å². The van der Waals surface area contributed by atoms with Gasteiger partial charge in [0.1, 0.15) is 12.1 Å². The molecule has 0 aliphatic carbocycles. The summed E-state index contributed by atoms with van der Waals surface area (Å²) in [4.78, 5) is 12.0. The Kier molecular flexibility index (Phi) is 5.39. The van der Waals surface area contributed by atoms with Crippen LogP contribution in [0.2, 0.25) is 0 Å². The predicted octanol–water partition coefficient (Wildman–Crippen LogP) is 2.68. The number of nitrogens with one attached hydrogen (secondary N) is 1. The number of tetrazole rings is 1. The average molecular weight is 402 g/mol. The van der Waals surface area contributed by atoms with Gasteiger partial charge >= 0.3 is 0 Å². The third-order valence-corrected chi connectivity index (χ3v) is 4.10. The molecule has 0 spiro atoms. The molecule has 0 radical (unpaired) electrons.